The smallest absolute Gasteiger partial charge is 0.201 e. The lowest BCUT2D eigenvalue weighted by atomic mass is 9.99. The maximum Gasteiger partial charge on any atom is 0.201 e. The van der Waals surface area contributed by atoms with Crippen molar-refractivity contribution in [3.63, 3.8) is 0 Å². The predicted molar refractivity (Wildman–Crippen MR) is 34.5 cm³/mol. The van der Waals surface area contributed by atoms with Gasteiger partial charge in [-0.25, -0.2) is 0 Å². The molecule has 0 aromatic heterocycles. The van der Waals surface area contributed by atoms with E-state index in [4.69, 9.17) is 0 Å². The van der Waals surface area contributed by atoms with Crippen molar-refractivity contribution in [2.24, 2.45) is 5.92 Å². The number of rotatable bonds is 3. The normalized spacial score (nSPS) is 9.71. The summed E-state index contributed by atoms with van der Waals surface area (Å²) < 4.78 is 0. The molecule has 2 heteroatoms. The molecule has 0 saturated heterocycles. The lowest BCUT2D eigenvalue weighted by molar-refractivity contribution is 0.633. The van der Waals surface area contributed by atoms with Crippen LogP contribution in [0.5, 0.6) is 0 Å². The Hall–Kier alpha value is 0.0249. The lowest BCUT2D eigenvalue weighted by Crippen LogP contribution is -2.21. The number of hydrogen-bond donors (Lipinski definition) is 1. The Morgan fingerprint density at radius 1 is 1.57 bits per heavy atom. The van der Waals surface area contributed by atoms with Crippen LogP contribution in [0.15, 0.2) is 0 Å². The highest BCUT2D eigenvalue weighted by Crippen LogP contribution is 1.84. The van der Waals surface area contributed by atoms with Gasteiger partial charge in [-0.1, -0.05) is 20.7 Å². The van der Waals surface area contributed by atoms with Crippen LogP contribution in [0.25, 0.3) is 0 Å². The minimum Gasteiger partial charge on any atom is -0.360 e. The van der Waals surface area contributed by atoms with Gasteiger partial charge in [0.2, 0.25) is 7.41 Å². The van der Waals surface area contributed by atoms with Gasteiger partial charge in [-0.05, 0) is 12.5 Å². The zero-order chi connectivity index (χ0) is 5.70. The summed E-state index contributed by atoms with van der Waals surface area (Å²) in [5, 5.41) is 3.12. The summed E-state index contributed by atoms with van der Waals surface area (Å²) in [5.41, 5.74) is 0. The zero-order valence-electron chi connectivity index (χ0n) is 5.36. The van der Waals surface area contributed by atoms with Gasteiger partial charge in [-0.3, -0.25) is 0 Å². The maximum atomic E-state index is 3.12. The van der Waals surface area contributed by atoms with Gasteiger partial charge in [0, 0.05) is 0 Å². The highest BCUT2D eigenvalue weighted by atomic mass is 14.7. The van der Waals surface area contributed by atoms with Gasteiger partial charge in [0.15, 0.2) is 0 Å². The fourth-order valence-electron chi connectivity index (χ4n) is 0.354. The third-order valence-corrected chi connectivity index (χ3v) is 0.730. The van der Waals surface area contributed by atoms with Crippen LogP contribution in [0.3, 0.4) is 0 Å². The van der Waals surface area contributed by atoms with Crippen LogP contribution in [-0.4, -0.2) is 14.0 Å². The molecule has 0 fully saturated rings. The van der Waals surface area contributed by atoms with Gasteiger partial charge in [-0.2, -0.15) is 0 Å². The van der Waals surface area contributed by atoms with E-state index in [0.29, 0.717) is 0 Å². The maximum absolute atomic E-state index is 3.12. The van der Waals surface area contributed by atoms with Crippen molar-refractivity contribution in [2.45, 2.75) is 20.7 Å². The highest BCUT2D eigenvalue weighted by molar-refractivity contribution is 6.29. The summed E-state index contributed by atoms with van der Waals surface area (Å²) in [4.78, 5) is 0. The van der Waals surface area contributed by atoms with E-state index in [1.807, 2.05) is 14.2 Å². The first kappa shape index (κ1) is 7.02. The van der Waals surface area contributed by atoms with Crippen molar-refractivity contribution in [2.75, 3.05) is 6.54 Å². The molecule has 0 aliphatic heterocycles. The van der Waals surface area contributed by atoms with Crippen LogP contribution >= 0.6 is 0 Å². The molecule has 0 bridgehead atoms. The van der Waals surface area contributed by atoms with E-state index in [-0.39, 0.29) is 0 Å². The second kappa shape index (κ2) is 4.19. The standard InChI is InChI=1S/C5H13BN/c1-5(2)4-7-6-3/h5,7H,4H2,1-3H3. The molecule has 0 aromatic rings. The summed E-state index contributed by atoms with van der Waals surface area (Å²) in [7, 11) is 1.97. The molecule has 0 rings (SSSR count). The molecular weight excluding hydrogens is 84.9 g/mol. The van der Waals surface area contributed by atoms with Gasteiger partial charge in [-0.15, -0.1) is 0 Å². The summed E-state index contributed by atoms with van der Waals surface area (Å²) in [6, 6.07) is 0. The van der Waals surface area contributed by atoms with Gasteiger partial charge < -0.3 is 5.23 Å². The van der Waals surface area contributed by atoms with Crippen molar-refractivity contribution in [1.82, 2.24) is 5.23 Å². The Kier molecular flexibility index (Phi) is 4.21. The first-order valence-corrected chi connectivity index (χ1v) is 2.78. The van der Waals surface area contributed by atoms with Gasteiger partial charge in [0.1, 0.15) is 0 Å². The second-order valence-electron chi connectivity index (χ2n) is 2.09. The van der Waals surface area contributed by atoms with Crippen molar-refractivity contribution < 1.29 is 0 Å². The molecule has 0 heterocycles. The molecule has 41 valence electrons. The molecule has 0 aromatic carbocycles. The van der Waals surface area contributed by atoms with Crippen molar-refractivity contribution in [3.05, 3.63) is 0 Å². The Morgan fingerprint density at radius 3 is 2.29 bits per heavy atom. The van der Waals surface area contributed by atoms with Crippen LogP contribution in [-0.2, 0) is 0 Å². The molecule has 1 nitrogen and oxygen atoms in total. The highest BCUT2D eigenvalue weighted by Gasteiger charge is 1.87. The molecule has 0 spiro atoms. The Bertz CT molecular complexity index is 37.1. The Labute approximate surface area is 46.8 Å². The molecule has 0 unspecified atom stereocenters. The summed E-state index contributed by atoms with van der Waals surface area (Å²) in [6.07, 6.45) is 0. The molecule has 1 radical (unpaired) electrons. The van der Waals surface area contributed by atoms with E-state index in [1.165, 1.54) is 0 Å². The minimum atomic E-state index is 0.760. The molecule has 1 N–H and O–H groups in total. The van der Waals surface area contributed by atoms with E-state index in [9.17, 15) is 0 Å². The molecule has 0 saturated carbocycles. The van der Waals surface area contributed by atoms with Crippen LogP contribution < -0.4 is 5.23 Å². The number of nitrogens with one attached hydrogen (secondary N) is 1. The van der Waals surface area contributed by atoms with Crippen molar-refractivity contribution >= 4 is 7.41 Å². The zero-order valence-corrected chi connectivity index (χ0v) is 5.36. The number of hydrogen-bond acceptors (Lipinski definition) is 1. The molecule has 0 atom stereocenters. The SMILES string of the molecule is C[B]NCC(C)C. The molecular formula is C5H13BN. The lowest BCUT2D eigenvalue weighted by Gasteiger charge is -2.01. The molecule has 0 aliphatic rings. The molecule has 7 heavy (non-hydrogen) atoms. The summed E-state index contributed by atoms with van der Waals surface area (Å²) in [6.45, 7) is 7.48. The van der Waals surface area contributed by atoms with E-state index >= 15 is 0 Å². The first-order valence-electron chi connectivity index (χ1n) is 2.78. The van der Waals surface area contributed by atoms with Gasteiger partial charge in [0.05, 0.1) is 0 Å². The molecule has 0 aliphatic carbocycles. The van der Waals surface area contributed by atoms with E-state index in [2.05, 4.69) is 19.1 Å². The van der Waals surface area contributed by atoms with Crippen LogP contribution in [0.2, 0.25) is 6.82 Å². The van der Waals surface area contributed by atoms with Crippen LogP contribution in [0.1, 0.15) is 13.8 Å². The Morgan fingerprint density at radius 2 is 2.14 bits per heavy atom. The third kappa shape index (κ3) is 6.02. The third-order valence-electron chi connectivity index (χ3n) is 0.730. The van der Waals surface area contributed by atoms with E-state index < -0.39 is 0 Å². The Balaban J connectivity index is 2.68. The van der Waals surface area contributed by atoms with Gasteiger partial charge in [0.25, 0.3) is 0 Å². The van der Waals surface area contributed by atoms with Crippen LogP contribution in [0.4, 0.5) is 0 Å². The first-order chi connectivity index (χ1) is 3.27. The van der Waals surface area contributed by atoms with Crippen LogP contribution in [0, 0.1) is 5.92 Å². The quantitative estimate of drug-likeness (QED) is 0.517. The fraction of sp³-hybridized carbons (Fsp3) is 1.00. The second-order valence-corrected chi connectivity index (χ2v) is 2.09. The monoisotopic (exact) mass is 98.1 g/mol. The van der Waals surface area contributed by atoms with Gasteiger partial charge >= 0.3 is 0 Å². The topological polar surface area (TPSA) is 12.0 Å². The average molecular weight is 98.0 g/mol. The van der Waals surface area contributed by atoms with Crippen molar-refractivity contribution in [1.29, 1.82) is 0 Å². The summed E-state index contributed by atoms with van der Waals surface area (Å²) >= 11 is 0. The predicted octanol–water partition coefficient (Wildman–Crippen LogP) is 0.899. The largest absolute Gasteiger partial charge is 0.360 e. The molecule has 0 amide bonds. The summed E-state index contributed by atoms with van der Waals surface area (Å²) in [5.74, 6) is 0.760. The van der Waals surface area contributed by atoms with E-state index in [1.54, 1.807) is 0 Å². The van der Waals surface area contributed by atoms with E-state index in [0.717, 1.165) is 12.5 Å². The van der Waals surface area contributed by atoms with Crippen molar-refractivity contribution in [3.8, 4) is 0 Å². The fourth-order valence-corrected chi connectivity index (χ4v) is 0.354. The average Bonchev–Trinajstić information content (AvgIpc) is 1.61. The minimum absolute atomic E-state index is 0.760.